The molecule has 0 aromatic heterocycles. The smallest absolute Gasteiger partial charge is 0.243 e. The van der Waals surface area contributed by atoms with Gasteiger partial charge in [0.2, 0.25) is 10.0 Å². The molecule has 1 heterocycles. The molecule has 1 atom stereocenters. The van der Waals surface area contributed by atoms with Gasteiger partial charge < -0.3 is 4.74 Å². The normalized spacial score (nSPS) is 20.5. The lowest BCUT2D eigenvalue weighted by atomic mass is 10.1. The first-order valence-corrected chi connectivity index (χ1v) is 10.8. The van der Waals surface area contributed by atoms with Gasteiger partial charge in [0.15, 0.2) is 9.84 Å². The van der Waals surface area contributed by atoms with E-state index in [1.54, 1.807) is 6.92 Å². The zero-order chi connectivity index (χ0) is 17.1. The van der Waals surface area contributed by atoms with Crippen LogP contribution in [0.5, 0.6) is 0 Å². The van der Waals surface area contributed by atoms with Crippen molar-refractivity contribution in [2.45, 2.75) is 42.6 Å². The monoisotopic (exact) mass is 361 g/mol. The van der Waals surface area contributed by atoms with Gasteiger partial charge in [-0.2, -0.15) is 4.31 Å². The van der Waals surface area contributed by atoms with Crippen LogP contribution in [0.15, 0.2) is 34.1 Å². The van der Waals surface area contributed by atoms with Crippen LogP contribution >= 0.6 is 0 Å². The number of benzene rings is 1. The van der Waals surface area contributed by atoms with E-state index in [1.807, 2.05) is 6.92 Å². The molecule has 130 valence electrons. The van der Waals surface area contributed by atoms with Crippen molar-refractivity contribution in [3.8, 4) is 0 Å². The van der Waals surface area contributed by atoms with Gasteiger partial charge in [-0.1, -0.05) is 6.92 Å². The van der Waals surface area contributed by atoms with Crippen molar-refractivity contribution in [3.05, 3.63) is 24.3 Å². The van der Waals surface area contributed by atoms with Crippen LogP contribution in [0, 0.1) is 0 Å². The third-order valence-corrected chi connectivity index (χ3v) is 7.57. The zero-order valence-corrected chi connectivity index (χ0v) is 15.1. The maximum absolute atomic E-state index is 12.7. The lowest BCUT2D eigenvalue weighted by molar-refractivity contribution is 0.0265. The van der Waals surface area contributed by atoms with Crippen LogP contribution in [0.2, 0.25) is 0 Å². The largest absolute Gasteiger partial charge is 0.377 e. The molecule has 1 aromatic carbocycles. The minimum atomic E-state index is -3.62. The zero-order valence-electron chi connectivity index (χ0n) is 13.4. The second kappa shape index (κ2) is 7.29. The fourth-order valence-electron chi connectivity index (χ4n) is 2.63. The van der Waals surface area contributed by atoms with Gasteiger partial charge >= 0.3 is 0 Å². The molecule has 0 spiro atoms. The van der Waals surface area contributed by atoms with Gasteiger partial charge in [-0.15, -0.1) is 0 Å². The van der Waals surface area contributed by atoms with Gasteiger partial charge in [0, 0.05) is 19.7 Å². The summed E-state index contributed by atoms with van der Waals surface area (Å²) in [4.78, 5) is 0.259. The Balaban J connectivity index is 2.22. The summed E-state index contributed by atoms with van der Waals surface area (Å²) < 4.78 is 55.9. The molecule has 1 aliphatic heterocycles. The molecule has 1 saturated heterocycles. The van der Waals surface area contributed by atoms with Crippen molar-refractivity contribution in [2.75, 3.05) is 25.4 Å². The second-order valence-electron chi connectivity index (χ2n) is 5.46. The van der Waals surface area contributed by atoms with Crippen LogP contribution in [0.3, 0.4) is 0 Å². The van der Waals surface area contributed by atoms with E-state index in [0.717, 1.165) is 12.8 Å². The van der Waals surface area contributed by atoms with Gasteiger partial charge in [0.05, 0.1) is 21.6 Å². The molecule has 1 fully saturated rings. The highest BCUT2D eigenvalue weighted by molar-refractivity contribution is 7.91. The number of ether oxygens (including phenoxy) is 1. The highest BCUT2D eigenvalue weighted by Crippen LogP contribution is 2.23. The molecular formula is C15H23NO5S2. The molecule has 1 unspecified atom stereocenters. The average Bonchev–Trinajstić information content (AvgIpc) is 2.55. The molecule has 1 aromatic rings. The van der Waals surface area contributed by atoms with Crippen molar-refractivity contribution >= 4 is 19.9 Å². The third-order valence-electron chi connectivity index (χ3n) is 3.94. The lowest BCUT2D eigenvalue weighted by Crippen LogP contribution is -2.43. The summed E-state index contributed by atoms with van der Waals surface area (Å²) in [5.74, 6) is -0.0126. The molecule has 6 nitrogen and oxygen atoms in total. The van der Waals surface area contributed by atoms with Gasteiger partial charge in [-0.25, -0.2) is 16.8 Å². The van der Waals surface area contributed by atoms with Crippen LogP contribution < -0.4 is 0 Å². The van der Waals surface area contributed by atoms with Crippen LogP contribution in [0.25, 0.3) is 0 Å². The first-order chi connectivity index (χ1) is 10.8. The standard InChI is InChI=1S/C15H23NO5S2/c1-3-21-13-6-5-11-16(12-13)23(19,20)15-9-7-14(8-10-15)22(17,18)4-2/h7-10,13H,3-6,11-12H2,1-2H3. The summed E-state index contributed by atoms with van der Waals surface area (Å²) in [6.07, 6.45) is 1.53. The second-order valence-corrected chi connectivity index (χ2v) is 9.67. The Hall–Kier alpha value is -0.960. The predicted octanol–water partition coefficient (Wildman–Crippen LogP) is 1.67. The molecule has 0 bridgehead atoms. The van der Waals surface area contributed by atoms with Crippen molar-refractivity contribution in [3.63, 3.8) is 0 Å². The quantitative estimate of drug-likeness (QED) is 0.770. The van der Waals surface area contributed by atoms with Gasteiger partial charge in [-0.3, -0.25) is 0 Å². The van der Waals surface area contributed by atoms with Crippen molar-refractivity contribution in [1.82, 2.24) is 4.31 Å². The minimum Gasteiger partial charge on any atom is -0.377 e. The third kappa shape index (κ3) is 4.12. The van der Waals surface area contributed by atoms with Crippen molar-refractivity contribution in [1.29, 1.82) is 0 Å². The fourth-order valence-corrected chi connectivity index (χ4v) is 5.02. The number of rotatable bonds is 6. The Kier molecular flexibility index (Phi) is 5.83. The van der Waals surface area contributed by atoms with Gasteiger partial charge in [0.25, 0.3) is 0 Å². The van der Waals surface area contributed by atoms with Crippen LogP contribution in [0.4, 0.5) is 0 Å². The van der Waals surface area contributed by atoms with E-state index in [4.69, 9.17) is 4.74 Å². The number of sulfone groups is 1. The Labute approximate surface area is 138 Å². The van der Waals surface area contributed by atoms with Gasteiger partial charge in [0.1, 0.15) is 0 Å². The molecule has 8 heteroatoms. The number of hydrogen-bond donors (Lipinski definition) is 0. The first kappa shape index (κ1) is 18.4. The van der Waals surface area contributed by atoms with Crippen molar-refractivity contribution < 1.29 is 21.6 Å². The number of nitrogens with zero attached hydrogens (tertiary/aromatic N) is 1. The van der Waals surface area contributed by atoms with Crippen LogP contribution in [-0.4, -0.2) is 52.7 Å². The van der Waals surface area contributed by atoms with E-state index >= 15 is 0 Å². The molecule has 1 aliphatic rings. The summed E-state index contributed by atoms with van der Waals surface area (Å²) in [6.45, 7) is 4.80. The Morgan fingerprint density at radius 2 is 1.70 bits per heavy atom. The van der Waals surface area contributed by atoms with E-state index in [-0.39, 0.29) is 21.6 Å². The Morgan fingerprint density at radius 3 is 2.26 bits per heavy atom. The maximum atomic E-state index is 12.7. The predicted molar refractivity (Wildman–Crippen MR) is 87.6 cm³/mol. The Morgan fingerprint density at radius 1 is 1.09 bits per heavy atom. The summed E-state index contributed by atoms with van der Waals surface area (Å²) >= 11 is 0. The molecule has 0 saturated carbocycles. The van der Waals surface area contributed by atoms with Crippen LogP contribution in [0.1, 0.15) is 26.7 Å². The topological polar surface area (TPSA) is 80.8 Å². The molecule has 0 radical (unpaired) electrons. The number of piperidine rings is 1. The van der Waals surface area contributed by atoms with E-state index < -0.39 is 19.9 Å². The molecule has 0 N–H and O–H groups in total. The van der Waals surface area contributed by atoms with E-state index in [2.05, 4.69) is 0 Å². The van der Waals surface area contributed by atoms with Crippen molar-refractivity contribution in [2.24, 2.45) is 0 Å². The van der Waals surface area contributed by atoms with Gasteiger partial charge in [-0.05, 0) is 44.0 Å². The van der Waals surface area contributed by atoms with E-state index in [1.165, 1.54) is 28.6 Å². The first-order valence-electron chi connectivity index (χ1n) is 7.76. The molecule has 0 amide bonds. The highest BCUT2D eigenvalue weighted by Gasteiger charge is 2.30. The van der Waals surface area contributed by atoms with Crippen LogP contribution in [-0.2, 0) is 24.6 Å². The molecule has 23 heavy (non-hydrogen) atoms. The van der Waals surface area contributed by atoms with E-state index in [9.17, 15) is 16.8 Å². The Bertz CT molecular complexity index is 724. The molecule has 2 rings (SSSR count). The number of sulfonamides is 1. The SMILES string of the molecule is CCOC1CCCN(S(=O)(=O)c2ccc(S(=O)(=O)CC)cc2)C1. The molecule has 0 aliphatic carbocycles. The summed E-state index contributed by atoms with van der Waals surface area (Å²) in [5, 5.41) is 0. The van der Waals surface area contributed by atoms with E-state index in [0.29, 0.717) is 19.7 Å². The number of hydrogen-bond acceptors (Lipinski definition) is 5. The fraction of sp³-hybridized carbons (Fsp3) is 0.600. The lowest BCUT2D eigenvalue weighted by Gasteiger charge is -2.31. The minimum absolute atomic E-state index is 0.0126. The maximum Gasteiger partial charge on any atom is 0.243 e. The summed E-state index contributed by atoms with van der Waals surface area (Å²) in [7, 11) is -6.95. The summed E-state index contributed by atoms with van der Waals surface area (Å²) in [5.41, 5.74) is 0. The summed E-state index contributed by atoms with van der Waals surface area (Å²) in [6, 6.07) is 5.44. The molecular weight excluding hydrogens is 338 g/mol. The highest BCUT2D eigenvalue weighted by atomic mass is 32.2. The average molecular weight is 361 g/mol.